The highest BCUT2D eigenvalue weighted by atomic mass is 16.6. The fourth-order valence-corrected chi connectivity index (χ4v) is 1.96. The lowest BCUT2D eigenvalue weighted by atomic mass is 10.1. The number of carboxylic acid groups (broad SMARTS) is 1. The van der Waals surface area contributed by atoms with Crippen LogP contribution in [0.25, 0.3) is 0 Å². The molecule has 21 heavy (non-hydrogen) atoms. The number of esters is 1. The third-order valence-corrected chi connectivity index (χ3v) is 2.88. The van der Waals surface area contributed by atoms with E-state index >= 15 is 0 Å². The zero-order valence-corrected chi connectivity index (χ0v) is 12.7. The maximum Gasteiger partial charge on any atom is 0.326 e. The first-order valence-corrected chi connectivity index (χ1v) is 7.05. The van der Waals surface area contributed by atoms with Gasteiger partial charge in [-0.05, 0) is 40.0 Å². The molecule has 1 rings (SSSR count). The number of carbonyl (C=O) groups is 3. The van der Waals surface area contributed by atoms with Crippen LogP contribution in [0.4, 0.5) is 0 Å². The van der Waals surface area contributed by atoms with Crippen molar-refractivity contribution in [3.63, 3.8) is 0 Å². The van der Waals surface area contributed by atoms with Gasteiger partial charge in [0.15, 0.2) is 0 Å². The molecule has 1 heterocycles. The summed E-state index contributed by atoms with van der Waals surface area (Å²) in [6, 6.07) is -1.31. The van der Waals surface area contributed by atoms with E-state index in [1.165, 1.54) is 0 Å². The van der Waals surface area contributed by atoms with Gasteiger partial charge in [-0.1, -0.05) is 0 Å². The average Bonchev–Trinajstić information content (AvgIpc) is 2.36. The Morgan fingerprint density at radius 1 is 1.33 bits per heavy atom. The van der Waals surface area contributed by atoms with Gasteiger partial charge in [-0.2, -0.15) is 0 Å². The Hall–Kier alpha value is -1.63. The van der Waals surface area contributed by atoms with Crippen molar-refractivity contribution in [1.29, 1.82) is 0 Å². The highest BCUT2D eigenvalue weighted by Gasteiger charge is 2.30. The molecular formula is C14H23NO6. The summed E-state index contributed by atoms with van der Waals surface area (Å²) in [5.41, 5.74) is -0.698. The number of hydrogen-bond acceptors (Lipinski definition) is 5. The fraction of sp³-hybridized carbons (Fsp3) is 0.786. The van der Waals surface area contributed by atoms with E-state index in [0.29, 0.717) is 13.0 Å². The molecule has 1 aliphatic heterocycles. The van der Waals surface area contributed by atoms with Crippen molar-refractivity contribution in [3.8, 4) is 0 Å². The normalized spacial score (nSPS) is 20.4. The van der Waals surface area contributed by atoms with Gasteiger partial charge in [0, 0.05) is 6.61 Å². The predicted molar refractivity (Wildman–Crippen MR) is 73.6 cm³/mol. The van der Waals surface area contributed by atoms with Gasteiger partial charge in [0.25, 0.3) is 0 Å². The Bertz CT molecular complexity index is 395. The number of nitrogens with one attached hydrogen (secondary N) is 1. The smallest absolute Gasteiger partial charge is 0.326 e. The van der Waals surface area contributed by atoms with E-state index in [2.05, 4.69) is 5.32 Å². The Morgan fingerprint density at radius 2 is 2.00 bits per heavy atom. The van der Waals surface area contributed by atoms with Gasteiger partial charge in [-0.15, -0.1) is 0 Å². The van der Waals surface area contributed by atoms with E-state index in [-0.39, 0.29) is 0 Å². The third-order valence-electron chi connectivity index (χ3n) is 2.88. The monoisotopic (exact) mass is 301 g/mol. The van der Waals surface area contributed by atoms with Crippen LogP contribution >= 0.6 is 0 Å². The summed E-state index contributed by atoms with van der Waals surface area (Å²) in [5.74, 6) is -2.43. The van der Waals surface area contributed by atoms with Crippen LogP contribution in [0, 0.1) is 0 Å². The Balaban J connectivity index is 2.55. The predicted octanol–water partition coefficient (Wildman–Crippen LogP) is 0.857. The quantitative estimate of drug-likeness (QED) is 0.730. The number of amides is 1. The number of rotatable bonds is 5. The number of carbonyl (C=O) groups excluding carboxylic acids is 2. The zero-order chi connectivity index (χ0) is 16.0. The molecule has 1 aliphatic rings. The number of ether oxygens (including phenoxy) is 2. The second-order valence-electron chi connectivity index (χ2n) is 6.05. The summed E-state index contributed by atoms with van der Waals surface area (Å²) in [7, 11) is 0. The van der Waals surface area contributed by atoms with Crippen LogP contribution in [0.5, 0.6) is 0 Å². The minimum absolute atomic E-state index is 0.412. The SMILES string of the molecule is CC(C)(C)OC(=O)C[C@H](NC(=O)C1CCCCO1)C(=O)O. The van der Waals surface area contributed by atoms with Gasteiger partial charge >= 0.3 is 11.9 Å². The standard InChI is InChI=1S/C14H23NO6/c1-14(2,3)21-11(16)8-9(13(18)19)15-12(17)10-6-4-5-7-20-10/h9-10H,4-8H2,1-3H3,(H,15,17)(H,18,19)/t9-,10?/m0/s1. The molecular weight excluding hydrogens is 278 g/mol. The van der Waals surface area contributed by atoms with Crippen molar-refractivity contribution in [2.45, 2.75) is 64.2 Å². The second kappa shape index (κ2) is 7.40. The fourth-order valence-electron chi connectivity index (χ4n) is 1.96. The number of aliphatic carboxylic acids is 1. The van der Waals surface area contributed by atoms with E-state index in [0.717, 1.165) is 12.8 Å². The highest BCUT2D eigenvalue weighted by molar-refractivity contribution is 5.89. The van der Waals surface area contributed by atoms with Crippen molar-refractivity contribution in [2.75, 3.05) is 6.61 Å². The summed E-state index contributed by atoms with van der Waals surface area (Å²) >= 11 is 0. The van der Waals surface area contributed by atoms with Crippen LogP contribution in [-0.2, 0) is 23.9 Å². The molecule has 1 fully saturated rings. The summed E-state index contributed by atoms with van der Waals surface area (Å²) in [6.07, 6.45) is 1.26. The van der Waals surface area contributed by atoms with Gasteiger partial charge in [0.1, 0.15) is 17.7 Å². The van der Waals surface area contributed by atoms with Crippen LogP contribution in [0.15, 0.2) is 0 Å². The Morgan fingerprint density at radius 3 is 2.48 bits per heavy atom. The lowest BCUT2D eigenvalue weighted by molar-refractivity contribution is -0.159. The molecule has 2 N–H and O–H groups in total. The van der Waals surface area contributed by atoms with E-state index in [4.69, 9.17) is 14.6 Å². The van der Waals surface area contributed by atoms with Crippen LogP contribution in [0.1, 0.15) is 46.5 Å². The summed E-state index contributed by atoms with van der Waals surface area (Å²) < 4.78 is 10.3. The summed E-state index contributed by atoms with van der Waals surface area (Å²) in [4.78, 5) is 34.7. The van der Waals surface area contributed by atoms with Crippen molar-refractivity contribution < 1.29 is 29.0 Å². The second-order valence-corrected chi connectivity index (χ2v) is 6.05. The molecule has 0 aromatic carbocycles. The van der Waals surface area contributed by atoms with Gasteiger partial charge in [-0.3, -0.25) is 9.59 Å². The van der Waals surface area contributed by atoms with Gasteiger partial charge < -0.3 is 19.9 Å². The lowest BCUT2D eigenvalue weighted by Crippen LogP contribution is -2.48. The van der Waals surface area contributed by atoms with Crippen LogP contribution in [-0.4, -0.2) is 47.3 Å². The van der Waals surface area contributed by atoms with Crippen molar-refractivity contribution in [2.24, 2.45) is 0 Å². The first-order valence-electron chi connectivity index (χ1n) is 7.05. The molecule has 1 amide bonds. The average molecular weight is 301 g/mol. The lowest BCUT2D eigenvalue weighted by Gasteiger charge is -2.24. The van der Waals surface area contributed by atoms with Crippen LogP contribution in [0.3, 0.4) is 0 Å². The Kier molecular flexibility index (Phi) is 6.14. The maximum atomic E-state index is 11.9. The number of carboxylic acids is 1. The van der Waals surface area contributed by atoms with E-state index in [9.17, 15) is 14.4 Å². The zero-order valence-electron chi connectivity index (χ0n) is 12.7. The van der Waals surface area contributed by atoms with Gasteiger partial charge in [-0.25, -0.2) is 4.79 Å². The third kappa shape index (κ3) is 6.57. The minimum Gasteiger partial charge on any atom is -0.480 e. The molecule has 2 atom stereocenters. The Labute approximate surface area is 124 Å². The number of hydrogen-bond donors (Lipinski definition) is 2. The molecule has 7 heteroatoms. The highest BCUT2D eigenvalue weighted by Crippen LogP contribution is 2.14. The van der Waals surface area contributed by atoms with Gasteiger partial charge in [0.2, 0.25) is 5.91 Å². The molecule has 0 aliphatic carbocycles. The molecule has 120 valence electrons. The largest absolute Gasteiger partial charge is 0.480 e. The molecule has 0 bridgehead atoms. The molecule has 1 saturated heterocycles. The molecule has 0 aromatic heterocycles. The van der Waals surface area contributed by atoms with Crippen molar-refractivity contribution in [1.82, 2.24) is 5.32 Å². The van der Waals surface area contributed by atoms with E-state index in [1.54, 1.807) is 20.8 Å². The summed E-state index contributed by atoms with van der Waals surface area (Å²) in [5, 5.41) is 11.4. The topological polar surface area (TPSA) is 102 Å². The maximum absolute atomic E-state index is 11.9. The van der Waals surface area contributed by atoms with Crippen LogP contribution in [0.2, 0.25) is 0 Å². The van der Waals surface area contributed by atoms with E-state index < -0.39 is 42.0 Å². The molecule has 0 saturated carbocycles. The van der Waals surface area contributed by atoms with Crippen LogP contribution < -0.4 is 5.32 Å². The van der Waals surface area contributed by atoms with Crippen molar-refractivity contribution in [3.05, 3.63) is 0 Å². The first-order chi connectivity index (χ1) is 9.69. The molecule has 0 spiro atoms. The minimum atomic E-state index is -1.31. The molecule has 0 radical (unpaired) electrons. The van der Waals surface area contributed by atoms with Crippen molar-refractivity contribution >= 4 is 17.8 Å². The van der Waals surface area contributed by atoms with E-state index in [1.807, 2.05) is 0 Å². The molecule has 7 nitrogen and oxygen atoms in total. The summed E-state index contributed by atoms with van der Waals surface area (Å²) in [6.45, 7) is 5.56. The van der Waals surface area contributed by atoms with Gasteiger partial charge in [0.05, 0.1) is 6.42 Å². The molecule has 1 unspecified atom stereocenters. The first kappa shape index (κ1) is 17.4. The molecule has 0 aromatic rings.